The first kappa shape index (κ1) is 26.3. The van der Waals surface area contributed by atoms with Gasteiger partial charge >= 0.3 is 5.97 Å². The molecule has 0 amide bonds. The largest absolute Gasteiger partial charge is 0.469 e. The molecule has 0 spiro atoms. The summed E-state index contributed by atoms with van der Waals surface area (Å²) < 4.78 is 4.81. The van der Waals surface area contributed by atoms with Gasteiger partial charge in [-0.25, -0.2) is 24.9 Å². The van der Waals surface area contributed by atoms with E-state index in [1.54, 1.807) is 18.5 Å². The van der Waals surface area contributed by atoms with Crippen LogP contribution in [-0.2, 0) is 22.5 Å². The third-order valence-electron chi connectivity index (χ3n) is 6.51. The van der Waals surface area contributed by atoms with Crippen molar-refractivity contribution in [1.29, 1.82) is 0 Å². The Hall–Kier alpha value is -4.28. The normalized spacial score (nSPS) is 15.6. The second-order valence-corrected chi connectivity index (χ2v) is 9.57. The first-order valence-electron chi connectivity index (χ1n) is 13.0. The predicted octanol–water partition coefficient (Wildman–Crippen LogP) is 3.31. The van der Waals surface area contributed by atoms with Crippen molar-refractivity contribution >= 4 is 17.6 Å². The lowest BCUT2D eigenvalue weighted by atomic mass is 10.1. The van der Waals surface area contributed by atoms with Gasteiger partial charge in [0.2, 0.25) is 0 Å². The number of nitrogens with zero attached hydrogens (tertiary/aromatic N) is 6. The quantitative estimate of drug-likeness (QED) is 0.316. The molecule has 1 aliphatic heterocycles. The molecule has 2 N–H and O–H groups in total. The molecule has 0 radical (unpaired) electrons. The fourth-order valence-corrected chi connectivity index (χ4v) is 4.57. The highest BCUT2D eigenvalue weighted by molar-refractivity contribution is 5.70. The van der Waals surface area contributed by atoms with Gasteiger partial charge in [0.15, 0.2) is 5.82 Å². The summed E-state index contributed by atoms with van der Waals surface area (Å²) in [7, 11) is 1.43. The van der Waals surface area contributed by atoms with Crippen LogP contribution in [0, 0.1) is 6.92 Å². The van der Waals surface area contributed by atoms with Gasteiger partial charge in [-0.1, -0.05) is 30.3 Å². The highest BCUT2D eigenvalue weighted by atomic mass is 16.5. The van der Waals surface area contributed by atoms with Crippen LogP contribution in [0.15, 0.2) is 67.0 Å². The molecule has 1 saturated heterocycles. The van der Waals surface area contributed by atoms with Crippen molar-refractivity contribution in [1.82, 2.24) is 35.1 Å². The van der Waals surface area contributed by atoms with Crippen LogP contribution in [0.4, 0.5) is 11.6 Å². The van der Waals surface area contributed by atoms with Gasteiger partial charge in [-0.3, -0.25) is 9.69 Å². The Morgan fingerprint density at radius 1 is 1.00 bits per heavy atom. The third-order valence-corrected chi connectivity index (χ3v) is 6.51. The minimum Gasteiger partial charge on any atom is -0.469 e. The number of methoxy groups -OCH3 is 1. The summed E-state index contributed by atoms with van der Waals surface area (Å²) in [5.74, 6) is 2.40. The van der Waals surface area contributed by atoms with Crippen LogP contribution < -0.4 is 10.6 Å². The number of rotatable bonds is 9. The average molecular weight is 525 g/mol. The van der Waals surface area contributed by atoms with Crippen molar-refractivity contribution in [2.75, 3.05) is 32.1 Å². The fraction of sp³-hybridized carbons (Fsp3) is 0.310. The van der Waals surface area contributed by atoms with Gasteiger partial charge in [0, 0.05) is 56.7 Å². The number of hydrogen-bond acceptors (Lipinski definition) is 10. The lowest BCUT2D eigenvalue weighted by Gasteiger charge is -2.33. The Kier molecular flexibility index (Phi) is 8.45. The number of aryl methyl sites for hydroxylation is 1. The molecule has 39 heavy (non-hydrogen) atoms. The maximum Gasteiger partial charge on any atom is 0.307 e. The summed E-state index contributed by atoms with van der Waals surface area (Å²) in [4.78, 5) is 36.6. The Labute approximate surface area is 227 Å². The molecule has 10 nitrogen and oxygen atoms in total. The first-order chi connectivity index (χ1) is 19.0. The number of pyridine rings is 1. The van der Waals surface area contributed by atoms with E-state index in [0.29, 0.717) is 30.3 Å². The molecule has 0 aliphatic carbocycles. The van der Waals surface area contributed by atoms with Crippen LogP contribution in [0.3, 0.4) is 0 Å². The molecule has 10 heteroatoms. The topological polar surface area (TPSA) is 118 Å². The van der Waals surface area contributed by atoms with E-state index in [1.807, 2.05) is 31.2 Å². The van der Waals surface area contributed by atoms with Gasteiger partial charge in [0.05, 0.1) is 13.5 Å². The van der Waals surface area contributed by atoms with Gasteiger partial charge in [-0.15, -0.1) is 0 Å². The van der Waals surface area contributed by atoms with E-state index in [-0.39, 0.29) is 12.0 Å². The van der Waals surface area contributed by atoms with Crippen molar-refractivity contribution in [3.63, 3.8) is 0 Å². The van der Waals surface area contributed by atoms with Gasteiger partial charge < -0.3 is 15.4 Å². The van der Waals surface area contributed by atoms with Crippen LogP contribution in [0.2, 0.25) is 0 Å². The van der Waals surface area contributed by atoms with Crippen LogP contribution >= 0.6 is 0 Å². The third kappa shape index (κ3) is 7.40. The summed E-state index contributed by atoms with van der Waals surface area (Å²) in [5, 5.41) is 6.66. The van der Waals surface area contributed by atoms with Crippen molar-refractivity contribution in [3.8, 4) is 11.5 Å². The molecule has 4 aromatic rings. The standard InChI is InChI=1S/C29H32N8O2/c1-20-4-3-5-24(33-20)29-32-13-11-26(36-29)34-25-10-12-31-27(35-25)16-21-6-8-22(9-7-21)18-37-15-14-30-23(19-37)17-28(38)39-2/h3-13,23,30H,14-19H2,1-2H3,(H,31,32,34,35,36). The Morgan fingerprint density at radius 2 is 1.77 bits per heavy atom. The number of carbonyl (C=O) groups excluding carboxylic acids is 1. The molecule has 4 heterocycles. The van der Waals surface area contributed by atoms with E-state index >= 15 is 0 Å². The molecule has 1 fully saturated rings. The van der Waals surface area contributed by atoms with Gasteiger partial charge in [-0.05, 0) is 42.3 Å². The smallest absolute Gasteiger partial charge is 0.307 e. The molecule has 0 bridgehead atoms. The SMILES string of the molecule is COC(=O)CC1CN(Cc2ccc(Cc3nccc(Nc4ccnc(-c5cccc(C)n5)n4)n3)cc2)CCN1. The molecular formula is C29H32N8O2. The molecule has 1 aromatic carbocycles. The highest BCUT2D eigenvalue weighted by Crippen LogP contribution is 2.18. The number of ether oxygens (including phenoxy) is 1. The second-order valence-electron chi connectivity index (χ2n) is 9.57. The zero-order valence-electron chi connectivity index (χ0n) is 22.2. The minimum atomic E-state index is -0.179. The molecule has 200 valence electrons. The molecular weight excluding hydrogens is 492 g/mol. The van der Waals surface area contributed by atoms with E-state index in [2.05, 4.69) is 64.7 Å². The lowest BCUT2D eigenvalue weighted by molar-refractivity contribution is -0.141. The Bertz CT molecular complexity index is 1410. The zero-order chi connectivity index (χ0) is 27.0. The van der Waals surface area contributed by atoms with Crippen LogP contribution in [-0.4, -0.2) is 68.6 Å². The average Bonchev–Trinajstić information content (AvgIpc) is 2.95. The summed E-state index contributed by atoms with van der Waals surface area (Å²) in [6.45, 7) is 5.41. The molecule has 1 atom stereocenters. The van der Waals surface area contributed by atoms with Gasteiger partial charge in [-0.2, -0.15) is 0 Å². The van der Waals surface area contributed by atoms with Crippen LogP contribution in [0.1, 0.15) is 29.1 Å². The van der Waals surface area contributed by atoms with E-state index in [1.165, 1.54) is 12.7 Å². The molecule has 5 rings (SSSR count). The number of aromatic nitrogens is 5. The van der Waals surface area contributed by atoms with E-state index in [9.17, 15) is 4.79 Å². The summed E-state index contributed by atoms with van der Waals surface area (Å²) in [5.41, 5.74) is 4.01. The summed E-state index contributed by atoms with van der Waals surface area (Å²) in [6.07, 6.45) is 4.46. The Morgan fingerprint density at radius 3 is 2.56 bits per heavy atom. The zero-order valence-corrected chi connectivity index (χ0v) is 22.2. The fourth-order valence-electron chi connectivity index (χ4n) is 4.57. The summed E-state index contributed by atoms with van der Waals surface area (Å²) in [6, 6.07) is 18.1. The number of anilines is 2. The lowest BCUT2D eigenvalue weighted by Crippen LogP contribution is -2.51. The molecule has 3 aromatic heterocycles. The van der Waals surface area contributed by atoms with Crippen LogP contribution in [0.25, 0.3) is 11.5 Å². The number of esters is 1. The number of carbonyl (C=O) groups is 1. The number of nitrogens with one attached hydrogen (secondary N) is 2. The van der Waals surface area contributed by atoms with E-state index in [0.717, 1.165) is 49.0 Å². The van der Waals surface area contributed by atoms with Gasteiger partial charge in [0.1, 0.15) is 23.2 Å². The predicted molar refractivity (Wildman–Crippen MR) is 148 cm³/mol. The van der Waals surface area contributed by atoms with Crippen LogP contribution in [0.5, 0.6) is 0 Å². The number of hydrogen-bond donors (Lipinski definition) is 2. The highest BCUT2D eigenvalue weighted by Gasteiger charge is 2.22. The van der Waals surface area contributed by atoms with E-state index in [4.69, 9.17) is 4.74 Å². The minimum absolute atomic E-state index is 0.122. The summed E-state index contributed by atoms with van der Waals surface area (Å²) >= 11 is 0. The molecule has 1 aliphatic rings. The van der Waals surface area contributed by atoms with E-state index < -0.39 is 0 Å². The number of benzene rings is 1. The van der Waals surface area contributed by atoms with Crippen molar-refractivity contribution in [2.45, 2.75) is 32.4 Å². The van der Waals surface area contributed by atoms with Gasteiger partial charge in [0.25, 0.3) is 0 Å². The maximum atomic E-state index is 11.6. The monoisotopic (exact) mass is 524 g/mol. The molecule has 0 saturated carbocycles. The second kappa shape index (κ2) is 12.5. The maximum absolute atomic E-state index is 11.6. The van der Waals surface area contributed by atoms with Crippen molar-refractivity contribution in [3.05, 3.63) is 89.6 Å². The van der Waals surface area contributed by atoms with Crippen molar-refractivity contribution in [2.24, 2.45) is 0 Å². The Balaban J connectivity index is 1.18. The molecule has 1 unspecified atom stereocenters. The van der Waals surface area contributed by atoms with Crippen molar-refractivity contribution < 1.29 is 9.53 Å². The first-order valence-corrected chi connectivity index (χ1v) is 13.0. The number of piperazine rings is 1.